The Morgan fingerprint density at radius 2 is 1.83 bits per heavy atom. The van der Waals surface area contributed by atoms with Gasteiger partial charge in [-0.1, -0.05) is 38.1 Å². The normalized spacial score (nSPS) is 10.7. The van der Waals surface area contributed by atoms with Gasteiger partial charge in [0, 0.05) is 12.2 Å². The molecule has 0 N–H and O–H groups in total. The van der Waals surface area contributed by atoms with Gasteiger partial charge in [0.2, 0.25) is 0 Å². The molecule has 2 rings (SSSR count). The number of hydrogen-bond donors (Lipinski definition) is 0. The van der Waals surface area contributed by atoms with Crippen molar-refractivity contribution < 1.29 is 9.53 Å². The molecule has 0 aliphatic carbocycles. The Labute approximate surface area is 138 Å². The second kappa shape index (κ2) is 7.82. The first-order chi connectivity index (χ1) is 11.0. The van der Waals surface area contributed by atoms with Crippen LogP contribution in [-0.4, -0.2) is 19.1 Å². The van der Waals surface area contributed by atoms with Crippen molar-refractivity contribution in [1.82, 2.24) is 0 Å². The zero-order valence-electron chi connectivity index (χ0n) is 14.4. The highest BCUT2D eigenvalue weighted by atomic mass is 16.5. The molecule has 0 unspecified atom stereocenters. The summed E-state index contributed by atoms with van der Waals surface area (Å²) in [5, 5.41) is 0. The van der Waals surface area contributed by atoms with Gasteiger partial charge in [0.05, 0.1) is 0 Å². The Bertz CT molecular complexity index is 647. The fourth-order valence-corrected chi connectivity index (χ4v) is 2.47. The van der Waals surface area contributed by atoms with Gasteiger partial charge < -0.3 is 9.64 Å². The quantitative estimate of drug-likeness (QED) is 0.783. The van der Waals surface area contributed by atoms with Crippen molar-refractivity contribution in [2.45, 2.75) is 33.6 Å². The molecule has 3 nitrogen and oxygen atoms in total. The van der Waals surface area contributed by atoms with E-state index in [1.165, 1.54) is 5.56 Å². The minimum absolute atomic E-state index is 0.0361. The SMILES string of the molecule is CCN(C(=O)COc1ccc(C(C)C)cc1)c1cccc(C)c1. The molecule has 0 aliphatic heterocycles. The van der Waals surface area contributed by atoms with Crippen LogP contribution in [0.4, 0.5) is 5.69 Å². The molecule has 0 aliphatic rings. The minimum atomic E-state index is -0.0361. The molecule has 2 aromatic rings. The van der Waals surface area contributed by atoms with E-state index < -0.39 is 0 Å². The highest BCUT2D eigenvalue weighted by Crippen LogP contribution is 2.19. The molecule has 122 valence electrons. The predicted molar refractivity (Wildman–Crippen MR) is 95.2 cm³/mol. The Hall–Kier alpha value is -2.29. The van der Waals surface area contributed by atoms with Gasteiger partial charge in [-0.2, -0.15) is 0 Å². The second-order valence-electron chi connectivity index (χ2n) is 5.99. The summed E-state index contributed by atoms with van der Waals surface area (Å²) in [6.45, 7) is 8.97. The topological polar surface area (TPSA) is 29.5 Å². The van der Waals surface area contributed by atoms with E-state index in [-0.39, 0.29) is 12.5 Å². The molecule has 0 saturated carbocycles. The zero-order chi connectivity index (χ0) is 16.8. The molecule has 0 saturated heterocycles. The molecular weight excluding hydrogens is 286 g/mol. The molecule has 23 heavy (non-hydrogen) atoms. The van der Waals surface area contributed by atoms with Crippen LogP contribution in [-0.2, 0) is 4.79 Å². The van der Waals surface area contributed by atoms with Crippen LogP contribution in [0.2, 0.25) is 0 Å². The van der Waals surface area contributed by atoms with E-state index in [0.29, 0.717) is 12.5 Å². The van der Waals surface area contributed by atoms with Crippen LogP contribution in [0.3, 0.4) is 0 Å². The monoisotopic (exact) mass is 311 g/mol. The summed E-state index contributed by atoms with van der Waals surface area (Å²) in [7, 11) is 0. The van der Waals surface area contributed by atoms with Crippen LogP contribution < -0.4 is 9.64 Å². The molecular formula is C20H25NO2. The molecule has 0 heterocycles. The Morgan fingerprint density at radius 3 is 2.39 bits per heavy atom. The Kier molecular flexibility index (Phi) is 5.80. The maximum absolute atomic E-state index is 12.4. The third-order valence-electron chi connectivity index (χ3n) is 3.84. The van der Waals surface area contributed by atoms with E-state index in [1.54, 1.807) is 4.90 Å². The molecule has 2 aromatic carbocycles. The average molecular weight is 311 g/mol. The summed E-state index contributed by atoms with van der Waals surface area (Å²) in [4.78, 5) is 14.2. The van der Waals surface area contributed by atoms with Crippen molar-refractivity contribution >= 4 is 11.6 Å². The number of aryl methyl sites for hydroxylation is 1. The molecule has 0 fully saturated rings. The van der Waals surface area contributed by atoms with E-state index in [9.17, 15) is 4.79 Å². The summed E-state index contributed by atoms with van der Waals surface area (Å²) in [5.41, 5.74) is 3.31. The van der Waals surface area contributed by atoms with Crippen LogP contribution in [0.1, 0.15) is 37.8 Å². The van der Waals surface area contributed by atoms with Gasteiger partial charge in [-0.25, -0.2) is 0 Å². The van der Waals surface area contributed by atoms with Crippen LogP contribution in [0, 0.1) is 6.92 Å². The highest BCUT2D eigenvalue weighted by Gasteiger charge is 2.14. The van der Waals surface area contributed by atoms with Crippen molar-refractivity contribution in [3.63, 3.8) is 0 Å². The molecule has 0 bridgehead atoms. The smallest absolute Gasteiger partial charge is 0.264 e. The Morgan fingerprint density at radius 1 is 1.13 bits per heavy atom. The van der Waals surface area contributed by atoms with Gasteiger partial charge in [0.1, 0.15) is 5.75 Å². The number of nitrogens with zero attached hydrogens (tertiary/aromatic N) is 1. The van der Waals surface area contributed by atoms with E-state index in [1.807, 2.05) is 62.4 Å². The number of carbonyl (C=O) groups excluding carboxylic acids is 1. The van der Waals surface area contributed by atoms with E-state index in [4.69, 9.17) is 4.74 Å². The van der Waals surface area contributed by atoms with Crippen molar-refractivity contribution in [2.24, 2.45) is 0 Å². The third kappa shape index (κ3) is 4.59. The van der Waals surface area contributed by atoms with E-state index >= 15 is 0 Å². The van der Waals surface area contributed by atoms with Crippen LogP contribution in [0.15, 0.2) is 48.5 Å². The summed E-state index contributed by atoms with van der Waals surface area (Å²) in [5.74, 6) is 1.18. The number of ether oxygens (including phenoxy) is 1. The lowest BCUT2D eigenvalue weighted by Gasteiger charge is -2.21. The largest absolute Gasteiger partial charge is 0.484 e. The van der Waals surface area contributed by atoms with Crippen molar-refractivity contribution in [3.05, 3.63) is 59.7 Å². The second-order valence-corrected chi connectivity index (χ2v) is 5.99. The summed E-state index contributed by atoms with van der Waals surface area (Å²) in [6, 6.07) is 15.9. The summed E-state index contributed by atoms with van der Waals surface area (Å²) < 4.78 is 5.65. The molecule has 0 aromatic heterocycles. The number of anilines is 1. The number of rotatable bonds is 6. The number of likely N-dealkylation sites (N-methyl/N-ethyl adjacent to an activating group) is 1. The summed E-state index contributed by atoms with van der Waals surface area (Å²) >= 11 is 0. The van der Waals surface area contributed by atoms with Gasteiger partial charge in [-0.05, 0) is 55.2 Å². The fraction of sp³-hybridized carbons (Fsp3) is 0.350. The molecule has 0 radical (unpaired) electrons. The van der Waals surface area contributed by atoms with Gasteiger partial charge in [0.15, 0.2) is 6.61 Å². The van der Waals surface area contributed by atoms with Crippen LogP contribution in [0.25, 0.3) is 0 Å². The standard InChI is InChI=1S/C20H25NO2/c1-5-21(18-8-6-7-16(4)13-18)20(22)14-23-19-11-9-17(10-12-19)15(2)3/h6-13,15H,5,14H2,1-4H3. The van der Waals surface area contributed by atoms with Gasteiger partial charge in [0.25, 0.3) is 5.91 Å². The highest BCUT2D eigenvalue weighted by molar-refractivity contribution is 5.94. The zero-order valence-corrected chi connectivity index (χ0v) is 14.4. The molecule has 0 atom stereocenters. The van der Waals surface area contributed by atoms with Crippen molar-refractivity contribution in [1.29, 1.82) is 0 Å². The van der Waals surface area contributed by atoms with Gasteiger partial charge in [-0.15, -0.1) is 0 Å². The van der Waals surface area contributed by atoms with Gasteiger partial charge in [-0.3, -0.25) is 4.79 Å². The lowest BCUT2D eigenvalue weighted by Crippen LogP contribution is -2.34. The minimum Gasteiger partial charge on any atom is -0.484 e. The number of benzene rings is 2. The van der Waals surface area contributed by atoms with E-state index in [0.717, 1.165) is 17.0 Å². The maximum Gasteiger partial charge on any atom is 0.264 e. The van der Waals surface area contributed by atoms with Crippen molar-refractivity contribution in [2.75, 3.05) is 18.1 Å². The molecule has 1 amide bonds. The molecule has 3 heteroatoms. The lowest BCUT2D eigenvalue weighted by atomic mass is 10.0. The maximum atomic E-state index is 12.4. The van der Waals surface area contributed by atoms with Crippen LogP contribution in [0.5, 0.6) is 5.75 Å². The first-order valence-corrected chi connectivity index (χ1v) is 8.11. The first-order valence-electron chi connectivity index (χ1n) is 8.11. The molecule has 0 spiro atoms. The number of hydrogen-bond acceptors (Lipinski definition) is 2. The average Bonchev–Trinajstić information content (AvgIpc) is 2.54. The third-order valence-corrected chi connectivity index (χ3v) is 3.84. The number of amides is 1. The Balaban J connectivity index is 2.00. The van der Waals surface area contributed by atoms with Crippen LogP contribution >= 0.6 is 0 Å². The van der Waals surface area contributed by atoms with Gasteiger partial charge >= 0.3 is 0 Å². The van der Waals surface area contributed by atoms with E-state index in [2.05, 4.69) is 13.8 Å². The first kappa shape index (κ1) is 17.1. The number of carbonyl (C=O) groups is 1. The predicted octanol–water partition coefficient (Wildman–Crippen LogP) is 4.55. The fourth-order valence-electron chi connectivity index (χ4n) is 2.47. The van der Waals surface area contributed by atoms with Crippen molar-refractivity contribution in [3.8, 4) is 5.75 Å². The lowest BCUT2D eigenvalue weighted by molar-refractivity contribution is -0.120. The summed E-state index contributed by atoms with van der Waals surface area (Å²) in [6.07, 6.45) is 0.